The molecule has 2 aromatic rings. The number of sulfonamides is 1. The number of carbonyl (C=O) groups excluding carboxylic acids is 1. The van der Waals surface area contributed by atoms with Crippen LogP contribution in [-0.4, -0.2) is 28.1 Å². The molecule has 0 aliphatic heterocycles. The zero-order valence-corrected chi connectivity index (χ0v) is 16.4. The van der Waals surface area contributed by atoms with Gasteiger partial charge in [0.2, 0.25) is 0 Å². The van der Waals surface area contributed by atoms with Crippen molar-refractivity contribution in [2.24, 2.45) is 0 Å². The Morgan fingerprint density at radius 1 is 1.04 bits per heavy atom. The second-order valence-electron chi connectivity index (χ2n) is 5.95. The summed E-state index contributed by atoms with van der Waals surface area (Å²) in [6.45, 7) is 7.15. The molecule has 26 heavy (non-hydrogen) atoms. The molecule has 0 aromatic heterocycles. The molecular weight excluding hydrogens is 354 g/mol. The third kappa shape index (κ3) is 4.16. The summed E-state index contributed by atoms with van der Waals surface area (Å²) >= 11 is 0. The molecule has 0 atom stereocenters. The van der Waals surface area contributed by atoms with Crippen LogP contribution in [0.2, 0.25) is 0 Å². The zero-order chi connectivity index (χ0) is 19.5. The van der Waals surface area contributed by atoms with Crippen LogP contribution in [0.15, 0.2) is 35.2 Å². The van der Waals surface area contributed by atoms with E-state index in [0.29, 0.717) is 33.7 Å². The van der Waals surface area contributed by atoms with Crippen LogP contribution in [0.4, 0.5) is 5.69 Å². The molecule has 140 valence electrons. The van der Waals surface area contributed by atoms with Gasteiger partial charge in [0.25, 0.3) is 10.0 Å². The fraction of sp³-hybridized carbons (Fsp3) is 0.316. The quantitative estimate of drug-likeness (QED) is 0.778. The highest BCUT2D eigenvalue weighted by Crippen LogP contribution is 2.28. The third-order valence-corrected chi connectivity index (χ3v) is 5.60. The van der Waals surface area contributed by atoms with Crippen LogP contribution in [0.25, 0.3) is 0 Å². The SMILES string of the molecule is CCOC(=O)c1ccc(C)c(NS(=O)(=O)c2c(C)cc(OC)cc2C)c1. The normalized spacial score (nSPS) is 11.1. The lowest BCUT2D eigenvalue weighted by Crippen LogP contribution is -2.17. The molecule has 6 nitrogen and oxygen atoms in total. The van der Waals surface area contributed by atoms with E-state index < -0.39 is 16.0 Å². The van der Waals surface area contributed by atoms with E-state index in [0.717, 1.165) is 0 Å². The molecule has 2 aromatic carbocycles. The van der Waals surface area contributed by atoms with E-state index in [1.807, 2.05) is 0 Å². The summed E-state index contributed by atoms with van der Waals surface area (Å²) in [5.41, 5.74) is 2.48. The smallest absolute Gasteiger partial charge is 0.338 e. The average molecular weight is 377 g/mol. The summed E-state index contributed by atoms with van der Waals surface area (Å²) in [5, 5.41) is 0. The number of esters is 1. The summed E-state index contributed by atoms with van der Waals surface area (Å²) in [4.78, 5) is 12.1. The number of anilines is 1. The van der Waals surface area contributed by atoms with Crippen LogP contribution >= 0.6 is 0 Å². The van der Waals surface area contributed by atoms with Gasteiger partial charge in [0.1, 0.15) is 5.75 Å². The van der Waals surface area contributed by atoms with Gasteiger partial charge < -0.3 is 9.47 Å². The van der Waals surface area contributed by atoms with Gasteiger partial charge in [-0.25, -0.2) is 13.2 Å². The zero-order valence-electron chi connectivity index (χ0n) is 15.5. The highest BCUT2D eigenvalue weighted by atomic mass is 32.2. The molecule has 0 spiro atoms. The fourth-order valence-electron chi connectivity index (χ4n) is 2.72. The summed E-state index contributed by atoms with van der Waals surface area (Å²) in [6.07, 6.45) is 0. The van der Waals surface area contributed by atoms with Gasteiger partial charge in [0.05, 0.1) is 29.9 Å². The van der Waals surface area contributed by atoms with Crippen molar-refractivity contribution in [3.8, 4) is 5.75 Å². The highest BCUT2D eigenvalue weighted by Gasteiger charge is 2.22. The van der Waals surface area contributed by atoms with Crippen molar-refractivity contribution >= 4 is 21.7 Å². The van der Waals surface area contributed by atoms with Crippen LogP contribution in [-0.2, 0) is 14.8 Å². The Bertz CT molecular complexity index is 912. The number of nitrogens with one attached hydrogen (secondary N) is 1. The summed E-state index contributed by atoms with van der Waals surface area (Å²) < 4.78 is 38.6. The van der Waals surface area contributed by atoms with Crippen molar-refractivity contribution in [2.45, 2.75) is 32.6 Å². The maximum absolute atomic E-state index is 12.9. The average Bonchev–Trinajstić information content (AvgIpc) is 2.55. The second-order valence-corrected chi connectivity index (χ2v) is 7.57. The van der Waals surface area contributed by atoms with Crippen molar-refractivity contribution in [1.82, 2.24) is 0 Å². The monoisotopic (exact) mass is 377 g/mol. The Labute approximate surface area is 154 Å². The van der Waals surface area contributed by atoms with E-state index in [-0.39, 0.29) is 11.5 Å². The molecule has 0 unspecified atom stereocenters. The van der Waals surface area contributed by atoms with Gasteiger partial charge in [-0.1, -0.05) is 6.07 Å². The molecule has 0 heterocycles. The number of methoxy groups -OCH3 is 1. The first kappa shape index (κ1) is 19.8. The lowest BCUT2D eigenvalue weighted by molar-refractivity contribution is 0.0526. The number of benzene rings is 2. The van der Waals surface area contributed by atoms with E-state index in [2.05, 4.69) is 4.72 Å². The minimum Gasteiger partial charge on any atom is -0.497 e. The number of carbonyl (C=O) groups is 1. The Kier molecular flexibility index (Phi) is 5.92. The molecule has 0 radical (unpaired) electrons. The summed E-state index contributed by atoms with van der Waals surface area (Å²) in [6, 6.07) is 8.11. The summed E-state index contributed by atoms with van der Waals surface area (Å²) in [7, 11) is -2.30. The molecule has 0 saturated heterocycles. The van der Waals surface area contributed by atoms with E-state index in [9.17, 15) is 13.2 Å². The van der Waals surface area contributed by atoms with Gasteiger partial charge in [-0.2, -0.15) is 0 Å². The molecule has 0 aliphatic carbocycles. The van der Waals surface area contributed by atoms with Gasteiger partial charge >= 0.3 is 5.97 Å². The molecule has 0 aliphatic rings. The van der Waals surface area contributed by atoms with Crippen LogP contribution in [0.3, 0.4) is 0 Å². The van der Waals surface area contributed by atoms with Crippen LogP contribution in [0.1, 0.15) is 34.0 Å². The Morgan fingerprint density at radius 3 is 2.19 bits per heavy atom. The Morgan fingerprint density at radius 2 is 1.65 bits per heavy atom. The first-order valence-electron chi connectivity index (χ1n) is 8.15. The largest absolute Gasteiger partial charge is 0.497 e. The highest BCUT2D eigenvalue weighted by molar-refractivity contribution is 7.92. The molecule has 0 bridgehead atoms. The van der Waals surface area contributed by atoms with Crippen molar-refractivity contribution in [3.63, 3.8) is 0 Å². The topological polar surface area (TPSA) is 81.7 Å². The third-order valence-electron chi connectivity index (χ3n) is 3.93. The minimum atomic E-state index is -3.83. The van der Waals surface area contributed by atoms with Gasteiger partial charge in [-0.05, 0) is 68.7 Å². The lowest BCUT2D eigenvalue weighted by Gasteiger charge is -2.16. The standard InChI is InChI=1S/C19H23NO5S/c1-6-25-19(21)15-8-7-12(2)17(11-15)20-26(22,23)18-13(3)9-16(24-5)10-14(18)4/h7-11,20H,6H2,1-5H3. The number of ether oxygens (including phenoxy) is 2. The Hall–Kier alpha value is -2.54. The molecule has 7 heteroatoms. The molecule has 0 saturated carbocycles. The predicted molar refractivity (Wildman–Crippen MR) is 100 cm³/mol. The van der Waals surface area contributed by atoms with Gasteiger partial charge in [0.15, 0.2) is 0 Å². The maximum atomic E-state index is 12.9. The Balaban J connectivity index is 2.45. The molecule has 1 N–H and O–H groups in total. The van der Waals surface area contributed by atoms with Crippen molar-refractivity contribution in [1.29, 1.82) is 0 Å². The molecular formula is C19H23NO5S. The van der Waals surface area contributed by atoms with Crippen LogP contribution in [0.5, 0.6) is 5.75 Å². The first-order valence-corrected chi connectivity index (χ1v) is 9.63. The lowest BCUT2D eigenvalue weighted by atomic mass is 10.1. The maximum Gasteiger partial charge on any atom is 0.338 e. The number of aryl methyl sites for hydroxylation is 3. The van der Waals surface area contributed by atoms with Gasteiger partial charge in [0, 0.05) is 0 Å². The van der Waals surface area contributed by atoms with E-state index in [1.54, 1.807) is 52.0 Å². The van der Waals surface area contributed by atoms with E-state index >= 15 is 0 Å². The van der Waals surface area contributed by atoms with Crippen molar-refractivity contribution in [2.75, 3.05) is 18.4 Å². The van der Waals surface area contributed by atoms with Crippen molar-refractivity contribution in [3.05, 3.63) is 52.6 Å². The van der Waals surface area contributed by atoms with Crippen LogP contribution < -0.4 is 9.46 Å². The van der Waals surface area contributed by atoms with E-state index in [1.165, 1.54) is 13.2 Å². The predicted octanol–water partition coefficient (Wildman–Crippen LogP) is 3.60. The van der Waals surface area contributed by atoms with E-state index in [4.69, 9.17) is 9.47 Å². The van der Waals surface area contributed by atoms with Crippen LogP contribution in [0, 0.1) is 20.8 Å². The first-order chi connectivity index (χ1) is 12.2. The summed E-state index contributed by atoms with van der Waals surface area (Å²) in [5.74, 6) is 0.101. The molecule has 2 rings (SSSR count). The van der Waals surface area contributed by atoms with Gasteiger partial charge in [-0.3, -0.25) is 4.72 Å². The fourth-order valence-corrected chi connectivity index (χ4v) is 4.30. The van der Waals surface area contributed by atoms with Crippen molar-refractivity contribution < 1.29 is 22.7 Å². The molecule has 0 amide bonds. The van der Waals surface area contributed by atoms with Gasteiger partial charge in [-0.15, -0.1) is 0 Å². The second kappa shape index (κ2) is 7.78. The number of rotatable bonds is 6. The number of hydrogen-bond donors (Lipinski definition) is 1. The molecule has 0 fully saturated rings. The minimum absolute atomic E-state index is 0.194. The number of hydrogen-bond acceptors (Lipinski definition) is 5.